The van der Waals surface area contributed by atoms with Gasteiger partial charge in [-0.15, -0.1) is 5.10 Å². The molecule has 2 aromatic rings. The number of aromatic nitrogens is 5. The summed E-state index contributed by atoms with van der Waals surface area (Å²) < 4.78 is 3.04. The molecule has 110 valence electrons. The fraction of sp³-hybridized carbons (Fsp3) is 0.400. The average molecular weight is 293 g/mol. The second-order valence-electron chi connectivity index (χ2n) is 4.71. The summed E-state index contributed by atoms with van der Waals surface area (Å²) in [6, 6.07) is -0.0693. The fourth-order valence-corrected chi connectivity index (χ4v) is 2.25. The number of nitrogens with zero attached hydrogens (tertiary/aromatic N) is 7. The molecule has 1 saturated heterocycles. The molecule has 0 spiro atoms. The van der Waals surface area contributed by atoms with Crippen molar-refractivity contribution < 1.29 is 14.8 Å². The highest BCUT2D eigenvalue weighted by Crippen LogP contribution is 2.33. The summed E-state index contributed by atoms with van der Waals surface area (Å²) in [6.45, 7) is 0.950. The van der Waals surface area contributed by atoms with Gasteiger partial charge in [-0.2, -0.15) is 0 Å². The normalized spacial score (nSPS) is 15.0. The summed E-state index contributed by atoms with van der Waals surface area (Å²) >= 11 is 0. The van der Waals surface area contributed by atoms with Crippen LogP contribution in [0.1, 0.15) is 16.5 Å². The number of anilines is 1. The number of carbonyl (C=O) groups is 1. The second kappa shape index (κ2) is 4.54. The lowest BCUT2D eigenvalue weighted by Crippen LogP contribution is -2.49. The first-order valence-corrected chi connectivity index (χ1v) is 6.03. The molecule has 0 atom stereocenters. The molecule has 0 radical (unpaired) electrons. The van der Waals surface area contributed by atoms with Gasteiger partial charge in [0.05, 0.1) is 12.2 Å². The molecular formula is C10H11N7O4. The van der Waals surface area contributed by atoms with Gasteiger partial charge in [-0.05, 0) is 9.91 Å². The summed E-state index contributed by atoms with van der Waals surface area (Å²) in [5.74, 6) is -0.907. The number of hydrogen-bond donors (Lipinski definition) is 1. The lowest BCUT2D eigenvalue weighted by molar-refractivity contribution is -0.388. The van der Waals surface area contributed by atoms with E-state index in [1.165, 1.54) is 17.2 Å². The first-order valence-electron chi connectivity index (χ1n) is 6.03. The molecule has 1 aliphatic rings. The third-order valence-electron chi connectivity index (χ3n) is 3.33. The second-order valence-corrected chi connectivity index (χ2v) is 4.71. The van der Waals surface area contributed by atoms with Crippen molar-refractivity contribution in [3.8, 4) is 0 Å². The molecular weight excluding hydrogens is 282 g/mol. The van der Waals surface area contributed by atoms with E-state index in [4.69, 9.17) is 5.11 Å². The van der Waals surface area contributed by atoms with Crippen LogP contribution in [-0.2, 0) is 7.05 Å². The number of hydrogen-bond acceptors (Lipinski definition) is 7. The highest BCUT2D eigenvalue weighted by atomic mass is 16.6. The molecule has 0 unspecified atom stereocenters. The van der Waals surface area contributed by atoms with E-state index in [-0.39, 0.29) is 17.6 Å². The Morgan fingerprint density at radius 1 is 1.52 bits per heavy atom. The molecule has 1 aliphatic heterocycles. The Morgan fingerprint density at radius 3 is 2.81 bits per heavy atom. The van der Waals surface area contributed by atoms with Crippen molar-refractivity contribution in [2.45, 2.75) is 6.04 Å². The van der Waals surface area contributed by atoms with Crippen LogP contribution in [0.2, 0.25) is 0 Å². The van der Waals surface area contributed by atoms with E-state index in [0.29, 0.717) is 18.9 Å². The van der Waals surface area contributed by atoms with Crippen molar-refractivity contribution in [3.63, 3.8) is 0 Å². The minimum atomic E-state index is -1.14. The standard InChI is InChI=1S/C10H11N7O4/c1-14-5-11-8(17(20)21)9(14)15-2-6(3-15)16-4-7(10(18)19)12-13-16/h4-6H,2-3H2,1H3,(H,18,19). The monoisotopic (exact) mass is 293 g/mol. The van der Waals surface area contributed by atoms with Crippen LogP contribution in [0.5, 0.6) is 0 Å². The predicted molar refractivity (Wildman–Crippen MR) is 68.1 cm³/mol. The van der Waals surface area contributed by atoms with Crippen LogP contribution in [0.4, 0.5) is 11.6 Å². The summed E-state index contributed by atoms with van der Waals surface area (Å²) in [5, 5.41) is 27.0. The van der Waals surface area contributed by atoms with Crippen molar-refractivity contribution >= 4 is 17.6 Å². The van der Waals surface area contributed by atoms with E-state index in [1.54, 1.807) is 16.5 Å². The van der Waals surface area contributed by atoms with E-state index in [2.05, 4.69) is 15.3 Å². The van der Waals surface area contributed by atoms with Gasteiger partial charge in [0.1, 0.15) is 0 Å². The molecule has 1 N–H and O–H groups in total. The van der Waals surface area contributed by atoms with Gasteiger partial charge >= 0.3 is 11.8 Å². The van der Waals surface area contributed by atoms with Crippen molar-refractivity contribution in [1.29, 1.82) is 0 Å². The van der Waals surface area contributed by atoms with E-state index < -0.39 is 10.9 Å². The Kier molecular flexibility index (Phi) is 2.82. The smallest absolute Gasteiger partial charge is 0.406 e. The zero-order valence-electron chi connectivity index (χ0n) is 10.9. The number of carboxylic acids is 1. The molecule has 0 aliphatic carbocycles. The Hall–Kier alpha value is -2.98. The van der Waals surface area contributed by atoms with Crippen LogP contribution in [0.3, 0.4) is 0 Å². The van der Waals surface area contributed by atoms with Crippen molar-refractivity contribution in [3.05, 3.63) is 28.3 Å². The molecule has 0 saturated carbocycles. The zero-order chi connectivity index (χ0) is 15.1. The maximum atomic E-state index is 10.9. The SMILES string of the molecule is Cn1cnc([N+](=O)[O-])c1N1CC(n2cc(C(=O)O)nn2)C1. The van der Waals surface area contributed by atoms with Crippen molar-refractivity contribution in [2.24, 2.45) is 7.05 Å². The van der Waals surface area contributed by atoms with Crippen molar-refractivity contribution in [1.82, 2.24) is 24.5 Å². The number of nitro groups is 1. The van der Waals surface area contributed by atoms with Crippen LogP contribution < -0.4 is 4.90 Å². The number of aryl methyl sites for hydroxylation is 1. The van der Waals surface area contributed by atoms with E-state index in [0.717, 1.165) is 0 Å². The lowest BCUT2D eigenvalue weighted by Gasteiger charge is -2.39. The minimum absolute atomic E-state index is 0.0693. The number of rotatable bonds is 4. The van der Waals surface area contributed by atoms with Gasteiger partial charge in [-0.1, -0.05) is 5.21 Å². The van der Waals surface area contributed by atoms with Crippen LogP contribution in [0, 0.1) is 10.1 Å². The molecule has 0 aromatic carbocycles. The summed E-state index contributed by atoms with van der Waals surface area (Å²) in [7, 11) is 1.68. The third kappa shape index (κ3) is 2.07. The molecule has 0 bridgehead atoms. The van der Waals surface area contributed by atoms with Gasteiger partial charge in [0, 0.05) is 20.1 Å². The average Bonchev–Trinajstić information content (AvgIpc) is 2.96. The van der Waals surface area contributed by atoms with E-state index >= 15 is 0 Å². The largest absolute Gasteiger partial charge is 0.476 e. The van der Waals surface area contributed by atoms with E-state index in [9.17, 15) is 14.9 Å². The first-order chi connectivity index (χ1) is 9.97. The maximum absolute atomic E-state index is 10.9. The Labute approximate surface area is 117 Å². The first kappa shape index (κ1) is 13.0. The van der Waals surface area contributed by atoms with Gasteiger partial charge in [0.15, 0.2) is 5.69 Å². The van der Waals surface area contributed by atoms with Crippen LogP contribution in [0.15, 0.2) is 12.5 Å². The van der Waals surface area contributed by atoms with Crippen LogP contribution >= 0.6 is 0 Å². The maximum Gasteiger partial charge on any atom is 0.406 e. The topological polar surface area (TPSA) is 132 Å². The summed E-state index contributed by atoms with van der Waals surface area (Å²) in [6.07, 6.45) is 2.74. The summed E-state index contributed by atoms with van der Waals surface area (Å²) in [4.78, 5) is 26.7. The quantitative estimate of drug-likeness (QED) is 0.599. The van der Waals surface area contributed by atoms with Gasteiger partial charge in [-0.25, -0.2) is 9.48 Å². The predicted octanol–water partition coefficient (Wildman–Crippen LogP) is -0.321. The molecule has 2 aromatic heterocycles. The molecule has 1 fully saturated rings. The number of carboxylic acid groups (broad SMARTS) is 1. The molecule has 21 heavy (non-hydrogen) atoms. The Balaban J connectivity index is 1.75. The Bertz CT molecular complexity index is 715. The van der Waals surface area contributed by atoms with Crippen molar-refractivity contribution in [2.75, 3.05) is 18.0 Å². The van der Waals surface area contributed by atoms with Gasteiger partial charge in [0.2, 0.25) is 12.1 Å². The third-order valence-corrected chi connectivity index (χ3v) is 3.33. The van der Waals surface area contributed by atoms with Gasteiger partial charge < -0.3 is 20.1 Å². The van der Waals surface area contributed by atoms with Crippen LogP contribution in [0.25, 0.3) is 0 Å². The lowest BCUT2D eigenvalue weighted by atomic mass is 10.1. The zero-order valence-corrected chi connectivity index (χ0v) is 10.9. The van der Waals surface area contributed by atoms with Gasteiger partial charge in [0.25, 0.3) is 0 Å². The van der Waals surface area contributed by atoms with E-state index in [1.807, 2.05) is 0 Å². The number of imidazole rings is 1. The highest BCUT2D eigenvalue weighted by Gasteiger charge is 2.36. The van der Waals surface area contributed by atoms with Crippen LogP contribution in [-0.4, -0.2) is 53.6 Å². The summed E-state index contributed by atoms with van der Waals surface area (Å²) in [5.41, 5.74) is -0.125. The molecule has 3 heterocycles. The fourth-order valence-electron chi connectivity index (χ4n) is 2.25. The number of aromatic carboxylic acids is 1. The van der Waals surface area contributed by atoms with Gasteiger partial charge in [-0.3, -0.25) is 4.57 Å². The molecule has 11 nitrogen and oxygen atoms in total. The highest BCUT2D eigenvalue weighted by molar-refractivity contribution is 5.84. The molecule has 0 amide bonds. The Morgan fingerprint density at radius 2 is 2.24 bits per heavy atom. The minimum Gasteiger partial charge on any atom is -0.476 e. The molecule has 11 heteroatoms. The molecule has 3 rings (SSSR count).